The molecular weight excluding hydrogens is 362 g/mol. The van der Waals surface area contributed by atoms with Crippen LogP contribution in [0, 0.1) is 0 Å². The van der Waals surface area contributed by atoms with E-state index in [4.69, 9.17) is 9.47 Å². The highest BCUT2D eigenvalue weighted by Crippen LogP contribution is 2.29. The zero-order valence-electron chi connectivity index (χ0n) is 15.0. The molecule has 0 atom stereocenters. The van der Waals surface area contributed by atoms with Crippen molar-refractivity contribution in [2.75, 3.05) is 25.3 Å². The Balaban J connectivity index is 1.58. The first-order valence-corrected chi connectivity index (χ1v) is 9.22. The molecule has 1 heterocycles. The Bertz CT molecular complexity index is 902. The lowest BCUT2D eigenvalue weighted by molar-refractivity contribution is -0.113. The fourth-order valence-electron chi connectivity index (χ4n) is 2.39. The van der Waals surface area contributed by atoms with Crippen molar-refractivity contribution in [3.05, 3.63) is 60.7 Å². The van der Waals surface area contributed by atoms with Gasteiger partial charge in [-0.15, -0.1) is 10.2 Å². The van der Waals surface area contributed by atoms with E-state index < -0.39 is 0 Å². The number of benzene rings is 2. The van der Waals surface area contributed by atoms with Gasteiger partial charge in [-0.2, -0.15) is 0 Å². The molecule has 0 unspecified atom stereocenters. The highest BCUT2D eigenvalue weighted by molar-refractivity contribution is 7.99. The predicted octanol–water partition coefficient (Wildman–Crippen LogP) is 3.89. The van der Waals surface area contributed by atoms with E-state index in [0.717, 1.165) is 11.3 Å². The Morgan fingerprint density at radius 2 is 1.81 bits per heavy atom. The van der Waals surface area contributed by atoms with Crippen molar-refractivity contribution in [3.8, 4) is 22.8 Å². The molecule has 1 amide bonds. The van der Waals surface area contributed by atoms with Gasteiger partial charge < -0.3 is 14.8 Å². The molecule has 27 heavy (non-hydrogen) atoms. The van der Waals surface area contributed by atoms with Crippen LogP contribution in [0.3, 0.4) is 0 Å². The number of thioether (sulfide) groups is 1. The molecule has 0 fully saturated rings. The van der Waals surface area contributed by atoms with Gasteiger partial charge in [-0.3, -0.25) is 4.79 Å². The van der Waals surface area contributed by atoms with Crippen LogP contribution in [0.15, 0.2) is 65.7 Å². The van der Waals surface area contributed by atoms with Crippen molar-refractivity contribution in [2.45, 2.75) is 5.03 Å². The molecule has 6 nitrogen and oxygen atoms in total. The number of aromatic nitrogens is 2. The number of methoxy groups -OCH3 is 2. The highest BCUT2D eigenvalue weighted by Gasteiger charge is 2.10. The zero-order chi connectivity index (χ0) is 19.1. The van der Waals surface area contributed by atoms with E-state index in [1.54, 1.807) is 32.4 Å². The van der Waals surface area contributed by atoms with Gasteiger partial charge in [-0.1, -0.05) is 42.1 Å². The molecule has 0 spiro atoms. The maximum atomic E-state index is 12.2. The summed E-state index contributed by atoms with van der Waals surface area (Å²) in [5.41, 5.74) is 2.40. The average molecular weight is 381 g/mol. The second-order valence-corrected chi connectivity index (χ2v) is 6.52. The van der Waals surface area contributed by atoms with E-state index >= 15 is 0 Å². The lowest BCUT2D eigenvalue weighted by Crippen LogP contribution is -2.14. The Labute approximate surface area is 161 Å². The van der Waals surface area contributed by atoms with Crippen LogP contribution < -0.4 is 14.8 Å². The number of nitrogens with one attached hydrogen (secondary N) is 1. The zero-order valence-corrected chi connectivity index (χ0v) is 15.8. The molecule has 138 valence electrons. The first-order chi connectivity index (χ1) is 13.2. The summed E-state index contributed by atoms with van der Waals surface area (Å²) >= 11 is 1.32. The second-order valence-electron chi connectivity index (χ2n) is 5.53. The largest absolute Gasteiger partial charge is 0.497 e. The number of carbonyl (C=O) groups excluding carboxylic acids is 1. The number of anilines is 1. The minimum absolute atomic E-state index is 0.155. The number of nitrogens with zero attached hydrogens (tertiary/aromatic N) is 2. The predicted molar refractivity (Wildman–Crippen MR) is 106 cm³/mol. The smallest absolute Gasteiger partial charge is 0.234 e. The van der Waals surface area contributed by atoms with Crippen molar-refractivity contribution in [1.82, 2.24) is 10.2 Å². The molecular formula is C20H19N3O3S. The standard InChI is InChI=1S/C20H19N3O3S/c1-25-15-8-9-17(18(12-15)26-2)21-19(24)13-27-20-11-10-16(22-23-20)14-6-4-3-5-7-14/h3-12H,13H2,1-2H3,(H,21,24). The number of hydrogen-bond acceptors (Lipinski definition) is 6. The molecule has 1 N–H and O–H groups in total. The molecule has 3 rings (SSSR count). The maximum Gasteiger partial charge on any atom is 0.234 e. The van der Waals surface area contributed by atoms with Gasteiger partial charge in [0, 0.05) is 11.6 Å². The van der Waals surface area contributed by atoms with Crippen molar-refractivity contribution in [1.29, 1.82) is 0 Å². The van der Waals surface area contributed by atoms with Crippen LogP contribution in [-0.2, 0) is 4.79 Å². The summed E-state index contributed by atoms with van der Waals surface area (Å²) in [7, 11) is 3.12. The summed E-state index contributed by atoms with van der Waals surface area (Å²) in [4.78, 5) is 12.2. The normalized spacial score (nSPS) is 10.3. The Morgan fingerprint density at radius 3 is 2.48 bits per heavy atom. The molecule has 0 radical (unpaired) electrons. The van der Waals surface area contributed by atoms with Crippen molar-refractivity contribution >= 4 is 23.4 Å². The average Bonchev–Trinajstić information content (AvgIpc) is 2.73. The summed E-state index contributed by atoms with van der Waals surface area (Å²) in [5.74, 6) is 1.26. The van der Waals surface area contributed by atoms with Crippen LogP contribution in [0.1, 0.15) is 0 Å². The first kappa shape index (κ1) is 18.7. The van der Waals surface area contributed by atoms with Gasteiger partial charge >= 0.3 is 0 Å². The van der Waals surface area contributed by atoms with Crippen LogP contribution in [0.25, 0.3) is 11.3 Å². The number of carbonyl (C=O) groups is 1. The number of rotatable bonds is 7. The summed E-state index contributed by atoms with van der Waals surface area (Å²) in [6, 6.07) is 18.8. The molecule has 3 aromatic rings. The summed E-state index contributed by atoms with van der Waals surface area (Å²) in [6.07, 6.45) is 0. The molecule has 0 aliphatic carbocycles. The van der Waals surface area contributed by atoms with Gasteiger partial charge in [0.2, 0.25) is 5.91 Å². The van der Waals surface area contributed by atoms with Crippen molar-refractivity contribution in [3.63, 3.8) is 0 Å². The van der Waals surface area contributed by atoms with Crippen LogP contribution in [0.4, 0.5) is 5.69 Å². The van der Waals surface area contributed by atoms with Crippen LogP contribution >= 0.6 is 11.8 Å². The monoisotopic (exact) mass is 381 g/mol. The van der Waals surface area contributed by atoms with E-state index in [9.17, 15) is 4.79 Å². The van der Waals surface area contributed by atoms with E-state index in [1.807, 2.05) is 42.5 Å². The fraction of sp³-hybridized carbons (Fsp3) is 0.150. The van der Waals surface area contributed by atoms with Crippen LogP contribution in [0.2, 0.25) is 0 Å². The first-order valence-electron chi connectivity index (χ1n) is 8.23. The maximum absolute atomic E-state index is 12.2. The quantitative estimate of drug-likeness (QED) is 0.626. The lowest BCUT2D eigenvalue weighted by atomic mass is 10.1. The Hall–Kier alpha value is -3.06. The van der Waals surface area contributed by atoms with E-state index in [-0.39, 0.29) is 11.7 Å². The number of amides is 1. The van der Waals surface area contributed by atoms with E-state index in [2.05, 4.69) is 15.5 Å². The minimum atomic E-state index is -0.155. The number of ether oxygens (including phenoxy) is 2. The second kappa shape index (κ2) is 9.05. The fourth-order valence-corrected chi connectivity index (χ4v) is 3.00. The van der Waals surface area contributed by atoms with Gasteiger partial charge in [-0.05, 0) is 24.3 Å². The van der Waals surface area contributed by atoms with Gasteiger partial charge in [0.15, 0.2) is 0 Å². The lowest BCUT2D eigenvalue weighted by Gasteiger charge is -2.11. The molecule has 1 aromatic heterocycles. The molecule has 2 aromatic carbocycles. The van der Waals surface area contributed by atoms with Crippen molar-refractivity contribution < 1.29 is 14.3 Å². The van der Waals surface area contributed by atoms with Crippen LogP contribution in [-0.4, -0.2) is 36.1 Å². The highest BCUT2D eigenvalue weighted by atomic mass is 32.2. The topological polar surface area (TPSA) is 73.3 Å². The van der Waals surface area contributed by atoms with Gasteiger partial charge in [0.1, 0.15) is 16.5 Å². The summed E-state index contributed by atoms with van der Waals surface area (Å²) < 4.78 is 10.4. The molecule has 0 saturated heterocycles. The third kappa shape index (κ3) is 4.98. The molecule has 0 bridgehead atoms. The van der Waals surface area contributed by atoms with E-state index in [1.165, 1.54) is 11.8 Å². The van der Waals surface area contributed by atoms with Crippen LogP contribution in [0.5, 0.6) is 11.5 Å². The number of hydrogen-bond donors (Lipinski definition) is 1. The SMILES string of the molecule is COc1ccc(NC(=O)CSc2ccc(-c3ccccc3)nn2)c(OC)c1. The van der Waals surface area contributed by atoms with Crippen molar-refractivity contribution in [2.24, 2.45) is 0 Å². The summed E-state index contributed by atoms with van der Waals surface area (Å²) in [5, 5.41) is 11.9. The molecule has 0 saturated carbocycles. The van der Waals surface area contributed by atoms with E-state index in [0.29, 0.717) is 22.2 Å². The van der Waals surface area contributed by atoms with Gasteiger partial charge in [0.05, 0.1) is 31.4 Å². The third-order valence-electron chi connectivity index (χ3n) is 3.74. The minimum Gasteiger partial charge on any atom is -0.497 e. The van der Waals surface area contributed by atoms with Gasteiger partial charge in [-0.25, -0.2) is 0 Å². The summed E-state index contributed by atoms with van der Waals surface area (Å²) in [6.45, 7) is 0. The Morgan fingerprint density at radius 1 is 1.00 bits per heavy atom. The molecule has 0 aliphatic heterocycles. The van der Waals surface area contributed by atoms with Gasteiger partial charge in [0.25, 0.3) is 0 Å². The molecule has 0 aliphatic rings. The third-order valence-corrected chi connectivity index (χ3v) is 4.66. The molecule has 7 heteroatoms. The Kier molecular flexibility index (Phi) is 6.27.